The molecule has 1 unspecified atom stereocenters. The van der Waals surface area contributed by atoms with Crippen LogP contribution in [0.3, 0.4) is 0 Å². The zero-order valence-corrected chi connectivity index (χ0v) is 17.4. The van der Waals surface area contributed by atoms with E-state index in [9.17, 15) is 18.4 Å². The summed E-state index contributed by atoms with van der Waals surface area (Å²) in [5.41, 5.74) is -0.209. The first-order valence-corrected chi connectivity index (χ1v) is 9.85. The second-order valence-electron chi connectivity index (χ2n) is 6.94. The van der Waals surface area contributed by atoms with Crippen molar-refractivity contribution in [3.8, 4) is 17.2 Å². The number of imide groups is 1. The Morgan fingerprint density at radius 3 is 2.43 bits per heavy atom. The van der Waals surface area contributed by atoms with E-state index in [1.807, 2.05) is 0 Å². The molecule has 10 heteroatoms. The summed E-state index contributed by atoms with van der Waals surface area (Å²) in [6.07, 6.45) is 0. The minimum absolute atomic E-state index is 0.0179. The predicted octanol–water partition coefficient (Wildman–Crippen LogP) is 3.79. The topological polar surface area (TPSA) is 77.1 Å². The maximum atomic E-state index is 13.1. The Bertz CT molecular complexity index is 1000. The normalized spacial score (nSPS) is 20.5. The summed E-state index contributed by atoms with van der Waals surface area (Å²) in [5.74, 6) is 0.636. The van der Waals surface area contributed by atoms with Crippen molar-refractivity contribution in [3.05, 3.63) is 52.0 Å². The van der Waals surface area contributed by atoms with Crippen LogP contribution in [-0.2, 0) is 16.9 Å². The molecule has 3 amide bonds. The van der Waals surface area contributed by atoms with Crippen LogP contribution in [0.1, 0.15) is 18.1 Å². The molecule has 30 heavy (non-hydrogen) atoms. The zero-order valence-electron chi connectivity index (χ0n) is 15.8. The number of hydrogen-bond acceptors (Lipinski definition) is 5. The molecular weight excluding hydrogens is 466 g/mol. The van der Waals surface area contributed by atoms with E-state index in [2.05, 4.69) is 26.0 Å². The standard InChI is InChI=1S/C20H17BrF2N2O5/c1-20(12-2-4-13(5-3-12)30-18(22)23)17(26)25(19(27)24-20)10-11-8-15-16(9-14(11)21)29-7-6-28-15/h2-5,8-9,18H,6-7,10H2,1H3,(H,24,27). The summed E-state index contributed by atoms with van der Waals surface area (Å²) < 4.78 is 40.8. The molecule has 2 aromatic carbocycles. The fourth-order valence-corrected chi connectivity index (χ4v) is 3.85. The first kappa shape index (κ1) is 20.4. The molecule has 2 aliphatic heterocycles. The number of fused-ring (bicyclic) bond motifs is 1. The van der Waals surface area contributed by atoms with Crippen molar-refractivity contribution in [1.82, 2.24) is 10.2 Å². The average molecular weight is 483 g/mol. The third-order valence-electron chi connectivity index (χ3n) is 4.97. The fourth-order valence-electron chi connectivity index (χ4n) is 3.40. The lowest BCUT2D eigenvalue weighted by atomic mass is 9.92. The van der Waals surface area contributed by atoms with Crippen LogP contribution in [0.5, 0.6) is 17.2 Å². The van der Waals surface area contributed by atoms with Gasteiger partial charge in [-0.1, -0.05) is 28.1 Å². The van der Waals surface area contributed by atoms with Crippen LogP contribution < -0.4 is 19.5 Å². The van der Waals surface area contributed by atoms with E-state index in [1.54, 1.807) is 19.1 Å². The number of rotatable bonds is 5. The number of nitrogens with one attached hydrogen (secondary N) is 1. The van der Waals surface area contributed by atoms with Gasteiger partial charge in [-0.3, -0.25) is 9.69 Å². The van der Waals surface area contributed by atoms with Gasteiger partial charge in [0.05, 0.1) is 6.54 Å². The minimum Gasteiger partial charge on any atom is -0.486 e. The number of amides is 3. The lowest BCUT2D eigenvalue weighted by Gasteiger charge is -2.23. The highest BCUT2D eigenvalue weighted by atomic mass is 79.9. The van der Waals surface area contributed by atoms with Gasteiger partial charge in [0.2, 0.25) is 0 Å². The van der Waals surface area contributed by atoms with Crippen LogP contribution in [0, 0.1) is 0 Å². The molecule has 7 nitrogen and oxygen atoms in total. The number of carbonyl (C=O) groups excluding carboxylic acids is 2. The van der Waals surface area contributed by atoms with E-state index >= 15 is 0 Å². The van der Waals surface area contributed by atoms with Crippen molar-refractivity contribution in [2.75, 3.05) is 13.2 Å². The fraction of sp³-hybridized carbons (Fsp3) is 0.300. The van der Waals surface area contributed by atoms with Crippen LogP contribution in [0.2, 0.25) is 0 Å². The Balaban J connectivity index is 1.57. The molecule has 2 aromatic rings. The summed E-state index contributed by atoms with van der Waals surface area (Å²) >= 11 is 3.44. The molecule has 4 rings (SSSR count). The van der Waals surface area contributed by atoms with Gasteiger partial charge in [-0.25, -0.2) is 4.79 Å². The maximum absolute atomic E-state index is 13.1. The number of urea groups is 1. The summed E-state index contributed by atoms with van der Waals surface area (Å²) in [6, 6.07) is 8.50. The molecule has 0 aliphatic carbocycles. The van der Waals surface area contributed by atoms with Gasteiger partial charge >= 0.3 is 12.6 Å². The van der Waals surface area contributed by atoms with Gasteiger partial charge in [0.15, 0.2) is 11.5 Å². The monoisotopic (exact) mass is 482 g/mol. The Hall–Kier alpha value is -2.88. The number of halogens is 3. The summed E-state index contributed by atoms with van der Waals surface area (Å²) in [4.78, 5) is 26.8. The summed E-state index contributed by atoms with van der Waals surface area (Å²) in [7, 11) is 0. The van der Waals surface area contributed by atoms with Gasteiger partial charge in [-0.15, -0.1) is 0 Å². The van der Waals surface area contributed by atoms with E-state index < -0.39 is 24.1 Å². The SMILES string of the molecule is CC1(c2ccc(OC(F)F)cc2)NC(=O)N(Cc2cc3c(cc2Br)OCCO3)C1=O. The highest BCUT2D eigenvalue weighted by Crippen LogP contribution is 2.37. The first-order chi connectivity index (χ1) is 14.3. The lowest BCUT2D eigenvalue weighted by molar-refractivity contribution is -0.131. The molecule has 2 aliphatic rings. The molecule has 0 aromatic heterocycles. The van der Waals surface area contributed by atoms with Crippen molar-refractivity contribution in [2.24, 2.45) is 0 Å². The number of benzene rings is 2. The Kier molecular flexibility index (Phi) is 5.27. The Morgan fingerprint density at radius 2 is 1.80 bits per heavy atom. The third-order valence-corrected chi connectivity index (χ3v) is 5.71. The molecule has 1 fully saturated rings. The van der Waals surface area contributed by atoms with Gasteiger partial charge in [-0.05, 0) is 42.3 Å². The van der Waals surface area contributed by atoms with Crippen LogP contribution in [0.25, 0.3) is 0 Å². The Labute approximate surface area is 179 Å². The molecular formula is C20H17BrF2N2O5. The van der Waals surface area contributed by atoms with Crippen molar-refractivity contribution >= 4 is 27.9 Å². The summed E-state index contributed by atoms with van der Waals surface area (Å²) in [5, 5.41) is 2.69. The number of carbonyl (C=O) groups is 2. The van der Waals surface area contributed by atoms with E-state index in [1.165, 1.54) is 24.3 Å². The molecule has 0 saturated carbocycles. The lowest BCUT2D eigenvalue weighted by Crippen LogP contribution is -2.40. The Morgan fingerprint density at radius 1 is 1.17 bits per heavy atom. The number of hydrogen-bond donors (Lipinski definition) is 1. The highest BCUT2D eigenvalue weighted by Gasteiger charge is 2.49. The molecule has 2 heterocycles. The van der Waals surface area contributed by atoms with E-state index in [0.29, 0.717) is 40.3 Å². The largest absolute Gasteiger partial charge is 0.486 e. The quantitative estimate of drug-likeness (QED) is 0.656. The first-order valence-electron chi connectivity index (χ1n) is 9.05. The molecule has 0 spiro atoms. The van der Waals surface area contributed by atoms with Gasteiger partial charge in [-0.2, -0.15) is 8.78 Å². The van der Waals surface area contributed by atoms with Gasteiger partial charge < -0.3 is 19.5 Å². The van der Waals surface area contributed by atoms with Crippen LogP contribution in [0.15, 0.2) is 40.9 Å². The number of nitrogens with zero attached hydrogens (tertiary/aromatic N) is 1. The number of ether oxygens (including phenoxy) is 3. The third kappa shape index (κ3) is 3.67. The second-order valence-corrected chi connectivity index (χ2v) is 7.79. The van der Waals surface area contributed by atoms with Crippen molar-refractivity contribution in [3.63, 3.8) is 0 Å². The van der Waals surface area contributed by atoms with E-state index in [4.69, 9.17) is 9.47 Å². The highest BCUT2D eigenvalue weighted by molar-refractivity contribution is 9.10. The molecule has 158 valence electrons. The smallest absolute Gasteiger partial charge is 0.387 e. The molecule has 1 atom stereocenters. The van der Waals surface area contributed by atoms with Gasteiger partial charge in [0.25, 0.3) is 5.91 Å². The summed E-state index contributed by atoms with van der Waals surface area (Å²) in [6.45, 7) is -0.496. The van der Waals surface area contributed by atoms with Crippen LogP contribution in [-0.4, -0.2) is 36.7 Å². The second kappa shape index (κ2) is 7.75. The van der Waals surface area contributed by atoms with Gasteiger partial charge in [0.1, 0.15) is 24.5 Å². The molecule has 0 radical (unpaired) electrons. The molecule has 0 bridgehead atoms. The van der Waals surface area contributed by atoms with Gasteiger partial charge in [0, 0.05) is 4.47 Å². The average Bonchev–Trinajstić information content (AvgIpc) is 2.92. The van der Waals surface area contributed by atoms with Crippen LogP contribution >= 0.6 is 15.9 Å². The van der Waals surface area contributed by atoms with E-state index in [0.717, 1.165) is 4.90 Å². The number of alkyl halides is 2. The molecule has 1 N–H and O–H groups in total. The zero-order chi connectivity index (χ0) is 21.5. The van der Waals surface area contributed by atoms with Crippen molar-refractivity contribution in [2.45, 2.75) is 25.6 Å². The van der Waals surface area contributed by atoms with E-state index in [-0.39, 0.29) is 12.3 Å². The maximum Gasteiger partial charge on any atom is 0.387 e. The predicted molar refractivity (Wildman–Crippen MR) is 105 cm³/mol. The van der Waals surface area contributed by atoms with Crippen LogP contribution in [0.4, 0.5) is 13.6 Å². The van der Waals surface area contributed by atoms with Crippen molar-refractivity contribution in [1.29, 1.82) is 0 Å². The minimum atomic E-state index is -2.95. The molecule has 1 saturated heterocycles. The van der Waals surface area contributed by atoms with Crippen molar-refractivity contribution < 1.29 is 32.6 Å².